The van der Waals surface area contributed by atoms with Gasteiger partial charge in [0.1, 0.15) is 5.78 Å². The third kappa shape index (κ3) is 2.08. The minimum absolute atomic E-state index is 0.208. The first-order valence-corrected chi connectivity index (χ1v) is 7.25. The van der Waals surface area contributed by atoms with E-state index in [2.05, 4.69) is 25.3 Å². The molecule has 0 N–H and O–H groups in total. The summed E-state index contributed by atoms with van der Waals surface area (Å²) in [6.07, 6.45) is 5.42. The summed E-state index contributed by atoms with van der Waals surface area (Å²) in [5.74, 6) is 0.972. The Labute approximate surface area is 102 Å². The van der Waals surface area contributed by atoms with Crippen LogP contribution >= 0.6 is 11.3 Å². The molecule has 1 aromatic rings. The summed E-state index contributed by atoms with van der Waals surface area (Å²) in [4.78, 5) is 13.9. The van der Waals surface area contributed by atoms with Crippen LogP contribution in [0.15, 0.2) is 11.4 Å². The lowest BCUT2D eigenvalue weighted by Crippen LogP contribution is -2.23. The van der Waals surface area contributed by atoms with Gasteiger partial charge in [-0.3, -0.25) is 4.79 Å². The van der Waals surface area contributed by atoms with Gasteiger partial charge in [-0.05, 0) is 49.1 Å². The Morgan fingerprint density at radius 1 is 1.50 bits per heavy atom. The maximum absolute atomic E-state index is 12.4. The van der Waals surface area contributed by atoms with Gasteiger partial charge in [-0.2, -0.15) is 0 Å². The van der Waals surface area contributed by atoms with E-state index in [0.717, 1.165) is 19.3 Å². The predicted molar refractivity (Wildman–Crippen MR) is 69.1 cm³/mol. The zero-order valence-electron chi connectivity index (χ0n) is 10.2. The maximum atomic E-state index is 12.4. The fourth-order valence-corrected chi connectivity index (χ4v) is 3.75. The summed E-state index contributed by atoms with van der Waals surface area (Å²) in [6.45, 7) is 4.26. The number of ketones is 1. The third-order valence-electron chi connectivity index (χ3n) is 3.78. The average Bonchev–Trinajstić information content (AvgIpc) is 2.78. The van der Waals surface area contributed by atoms with Crippen LogP contribution in [0, 0.1) is 5.92 Å². The standard InChI is InChI=1S/C14H20OS/c1-3-10(4-2)14(15)12-6-5-7-13-11(12)8-9-16-13/h8-10,12H,3-7H2,1-2H3. The van der Waals surface area contributed by atoms with Gasteiger partial charge in [0.25, 0.3) is 0 Å². The van der Waals surface area contributed by atoms with E-state index in [4.69, 9.17) is 0 Å². The summed E-state index contributed by atoms with van der Waals surface area (Å²) in [5.41, 5.74) is 1.34. The molecule has 0 radical (unpaired) electrons. The highest BCUT2D eigenvalue weighted by molar-refractivity contribution is 7.10. The van der Waals surface area contributed by atoms with Crippen LogP contribution in [0.1, 0.15) is 55.9 Å². The second kappa shape index (κ2) is 5.13. The molecule has 0 aromatic carbocycles. The van der Waals surface area contributed by atoms with Gasteiger partial charge in [0.2, 0.25) is 0 Å². The highest BCUT2D eigenvalue weighted by Crippen LogP contribution is 2.37. The van der Waals surface area contributed by atoms with Crippen LogP contribution in [0.3, 0.4) is 0 Å². The van der Waals surface area contributed by atoms with E-state index in [9.17, 15) is 4.79 Å². The molecule has 1 unspecified atom stereocenters. The van der Waals surface area contributed by atoms with Crippen LogP contribution in [-0.2, 0) is 11.2 Å². The summed E-state index contributed by atoms with van der Waals surface area (Å²) in [5, 5.41) is 2.14. The van der Waals surface area contributed by atoms with Crippen molar-refractivity contribution in [1.82, 2.24) is 0 Å². The topological polar surface area (TPSA) is 17.1 Å². The molecule has 0 fully saturated rings. The summed E-state index contributed by atoms with van der Waals surface area (Å²) in [6, 6.07) is 2.17. The van der Waals surface area contributed by atoms with Crippen molar-refractivity contribution in [2.24, 2.45) is 5.92 Å². The highest BCUT2D eigenvalue weighted by Gasteiger charge is 2.30. The summed E-state index contributed by atoms with van der Waals surface area (Å²) in [7, 11) is 0. The van der Waals surface area contributed by atoms with Crippen molar-refractivity contribution < 1.29 is 4.79 Å². The van der Waals surface area contributed by atoms with Crippen LogP contribution < -0.4 is 0 Å². The van der Waals surface area contributed by atoms with Crippen molar-refractivity contribution in [3.63, 3.8) is 0 Å². The molecule has 0 aliphatic heterocycles. The number of Topliss-reactive ketones (excluding diaryl/α,β-unsaturated/α-hetero) is 1. The van der Waals surface area contributed by atoms with Crippen molar-refractivity contribution in [2.45, 2.75) is 51.9 Å². The number of rotatable bonds is 4. The average molecular weight is 236 g/mol. The van der Waals surface area contributed by atoms with E-state index in [0.29, 0.717) is 5.78 Å². The van der Waals surface area contributed by atoms with E-state index >= 15 is 0 Å². The van der Waals surface area contributed by atoms with Crippen molar-refractivity contribution in [2.75, 3.05) is 0 Å². The molecule has 0 saturated heterocycles. The van der Waals surface area contributed by atoms with Gasteiger partial charge in [0.05, 0.1) is 0 Å². The monoisotopic (exact) mass is 236 g/mol. The second-order valence-electron chi connectivity index (χ2n) is 4.66. The molecule has 88 valence electrons. The van der Waals surface area contributed by atoms with Gasteiger partial charge in [-0.1, -0.05) is 13.8 Å². The molecule has 0 spiro atoms. The maximum Gasteiger partial charge on any atom is 0.143 e. The first-order valence-electron chi connectivity index (χ1n) is 6.37. The molecule has 0 bridgehead atoms. The van der Waals surface area contributed by atoms with Gasteiger partial charge in [-0.15, -0.1) is 11.3 Å². The minimum Gasteiger partial charge on any atom is -0.299 e. The van der Waals surface area contributed by atoms with Crippen molar-refractivity contribution >= 4 is 17.1 Å². The number of thiophene rings is 1. The Hall–Kier alpha value is -0.630. The largest absolute Gasteiger partial charge is 0.299 e. The smallest absolute Gasteiger partial charge is 0.143 e. The Bertz CT molecular complexity index is 363. The molecule has 2 rings (SSSR count). The van der Waals surface area contributed by atoms with Gasteiger partial charge >= 0.3 is 0 Å². The molecule has 0 saturated carbocycles. The molecule has 1 nitrogen and oxygen atoms in total. The van der Waals surface area contributed by atoms with Crippen LogP contribution in [0.5, 0.6) is 0 Å². The van der Waals surface area contributed by atoms with Crippen LogP contribution in [0.4, 0.5) is 0 Å². The highest BCUT2D eigenvalue weighted by atomic mass is 32.1. The fourth-order valence-electron chi connectivity index (χ4n) is 2.76. The molecule has 1 atom stereocenters. The van der Waals surface area contributed by atoms with Crippen molar-refractivity contribution in [3.8, 4) is 0 Å². The molecule has 0 amide bonds. The molecule has 1 aliphatic rings. The molecule has 16 heavy (non-hydrogen) atoms. The first-order chi connectivity index (χ1) is 7.77. The zero-order valence-corrected chi connectivity index (χ0v) is 11.0. The third-order valence-corrected chi connectivity index (χ3v) is 4.78. The van der Waals surface area contributed by atoms with Gasteiger partial charge in [0, 0.05) is 16.7 Å². The normalized spacial score (nSPS) is 19.8. The Balaban J connectivity index is 2.21. The molecule has 2 heteroatoms. The quantitative estimate of drug-likeness (QED) is 0.766. The molecular formula is C14H20OS. The molecule has 1 aliphatic carbocycles. The van der Waals surface area contributed by atoms with E-state index in [1.807, 2.05) is 11.3 Å². The number of hydrogen-bond acceptors (Lipinski definition) is 2. The van der Waals surface area contributed by atoms with E-state index < -0.39 is 0 Å². The number of carbonyl (C=O) groups is 1. The van der Waals surface area contributed by atoms with Gasteiger partial charge < -0.3 is 0 Å². The Morgan fingerprint density at radius 2 is 2.25 bits per heavy atom. The number of fused-ring (bicyclic) bond motifs is 1. The number of carbonyl (C=O) groups excluding carboxylic acids is 1. The van der Waals surface area contributed by atoms with Gasteiger partial charge in [-0.25, -0.2) is 0 Å². The minimum atomic E-state index is 0.208. The second-order valence-corrected chi connectivity index (χ2v) is 5.66. The van der Waals surface area contributed by atoms with Crippen LogP contribution in [0.25, 0.3) is 0 Å². The molecular weight excluding hydrogens is 216 g/mol. The molecule has 1 aromatic heterocycles. The SMILES string of the molecule is CCC(CC)C(=O)C1CCCc2sccc21. The lowest BCUT2D eigenvalue weighted by atomic mass is 9.79. The van der Waals surface area contributed by atoms with E-state index in [1.54, 1.807) is 0 Å². The van der Waals surface area contributed by atoms with Crippen molar-refractivity contribution in [1.29, 1.82) is 0 Å². The van der Waals surface area contributed by atoms with E-state index in [-0.39, 0.29) is 11.8 Å². The van der Waals surface area contributed by atoms with Crippen LogP contribution in [0.2, 0.25) is 0 Å². The number of aryl methyl sites for hydroxylation is 1. The van der Waals surface area contributed by atoms with E-state index in [1.165, 1.54) is 23.3 Å². The number of hydrogen-bond donors (Lipinski definition) is 0. The fraction of sp³-hybridized carbons (Fsp3) is 0.643. The Morgan fingerprint density at radius 3 is 2.94 bits per heavy atom. The predicted octanol–water partition coefficient (Wildman–Crippen LogP) is 4.17. The lowest BCUT2D eigenvalue weighted by Gasteiger charge is -2.24. The summed E-state index contributed by atoms with van der Waals surface area (Å²) < 4.78 is 0. The van der Waals surface area contributed by atoms with Crippen LogP contribution in [-0.4, -0.2) is 5.78 Å². The zero-order chi connectivity index (χ0) is 11.5. The molecule has 1 heterocycles. The summed E-state index contributed by atoms with van der Waals surface area (Å²) >= 11 is 1.82. The van der Waals surface area contributed by atoms with Crippen molar-refractivity contribution in [3.05, 3.63) is 21.9 Å². The lowest BCUT2D eigenvalue weighted by molar-refractivity contribution is -0.124. The Kier molecular flexibility index (Phi) is 3.80. The first kappa shape index (κ1) is 11.8. The van der Waals surface area contributed by atoms with Gasteiger partial charge in [0.15, 0.2) is 0 Å².